The Bertz CT molecular complexity index is 1440. The minimum absolute atomic E-state index is 0.412. The summed E-state index contributed by atoms with van der Waals surface area (Å²) in [4.78, 5) is 18.1. The standard InChI is InChI=1S/C27H18ClNO2/c1-17-9-14-24-22(15-17)23(16-25(29-24)19-10-12-20(28)13-11-19)27(30)31-26-8-4-6-18-5-2-3-7-21(18)26/h2-16H,1H3. The van der Waals surface area contributed by atoms with Gasteiger partial charge in [-0.1, -0.05) is 71.8 Å². The molecule has 0 fully saturated rings. The van der Waals surface area contributed by atoms with Crippen molar-refractivity contribution in [3.8, 4) is 17.0 Å². The van der Waals surface area contributed by atoms with E-state index in [0.29, 0.717) is 22.0 Å². The van der Waals surface area contributed by atoms with E-state index in [1.54, 1.807) is 6.07 Å². The van der Waals surface area contributed by atoms with E-state index in [0.717, 1.165) is 32.8 Å². The van der Waals surface area contributed by atoms with E-state index >= 15 is 0 Å². The predicted molar refractivity (Wildman–Crippen MR) is 126 cm³/mol. The first-order chi connectivity index (χ1) is 15.1. The maximum atomic E-state index is 13.3. The number of halogens is 1. The molecule has 4 heteroatoms. The summed E-state index contributed by atoms with van der Waals surface area (Å²) in [5.74, 6) is 0.123. The second kappa shape index (κ2) is 7.86. The van der Waals surface area contributed by atoms with Crippen LogP contribution >= 0.6 is 11.6 Å². The lowest BCUT2D eigenvalue weighted by molar-refractivity contribution is 0.0739. The smallest absolute Gasteiger partial charge is 0.344 e. The molecule has 0 amide bonds. The molecule has 0 aliphatic heterocycles. The van der Waals surface area contributed by atoms with Crippen LogP contribution in [0.3, 0.4) is 0 Å². The maximum Gasteiger partial charge on any atom is 0.344 e. The zero-order valence-electron chi connectivity index (χ0n) is 16.8. The van der Waals surface area contributed by atoms with Crippen molar-refractivity contribution in [2.75, 3.05) is 0 Å². The summed E-state index contributed by atoms with van der Waals surface area (Å²) in [7, 11) is 0. The van der Waals surface area contributed by atoms with Crippen LogP contribution in [-0.4, -0.2) is 11.0 Å². The van der Waals surface area contributed by atoms with Gasteiger partial charge in [-0.3, -0.25) is 0 Å². The van der Waals surface area contributed by atoms with Crippen LogP contribution in [0, 0.1) is 6.92 Å². The highest BCUT2D eigenvalue weighted by atomic mass is 35.5. The summed E-state index contributed by atoms with van der Waals surface area (Å²) < 4.78 is 5.88. The minimum Gasteiger partial charge on any atom is -0.422 e. The molecule has 4 aromatic carbocycles. The van der Waals surface area contributed by atoms with Gasteiger partial charge in [0.15, 0.2) is 0 Å². The molecule has 0 unspecified atom stereocenters. The third-order valence-corrected chi connectivity index (χ3v) is 5.53. The fourth-order valence-electron chi connectivity index (χ4n) is 3.72. The summed E-state index contributed by atoms with van der Waals surface area (Å²) in [6.07, 6.45) is 0. The van der Waals surface area contributed by atoms with E-state index < -0.39 is 5.97 Å². The number of pyridine rings is 1. The van der Waals surface area contributed by atoms with Gasteiger partial charge in [0.25, 0.3) is 0 Å². The third kappa shape index (κ3) is 3.76. The number of hydrogen-bond donors (Lipinski definition) is 0. The van der Waals surface area contributed by atoms with Gasteiger partial charge in [0.05, 0.1) is 16.8 Å². The Morgan fingerprint density at radius 3 is 2.45 bits per heavy atom. The van der Waals surface area contributed by atoms with Crippen LogP contribution in [0.5, 0.6) is 5.75 Å². The molecule has 5 rings (SSSR count). The summed E-state index contributed by atoms with van der Waals surface area (Å²) in [5.41, 5.74) is 3.84. The number of fused-ring (bicyclic) bond motifs is 2. The molecule has 0 aliphatic rings. The lowest BCUT2D eigenvalue weighted by Gasteiger charge is -2.12. The number of aromatic nitrogens is 1. The molecule has 1 heterocycles. The van der Waals surface area contributed by atoms with Crippen LogP contribution in [0.1, 0.15) is 15.9 Å². The van der Waals surface area contributed by atoms with Crippen LogP contribution in [0.25, 0.3) is 32.9 Å². The van der Waals surface area contributed by atoms with Crippen molar-refractivity contribution in [2.24, 2.45) is 0 Å². The van der Waals surface area contributed by atoms with Crippen molar-refractivity contribution in [1.29, 1.82) is 0 Å². The highest BCUT2D eigenvalue weighted by molar-refractivity contribution is 6.30. The van der Waals surface area contributed by atoms with Crippen molar-refractivity contribution in [3.05, 3.63) is 107 Å². The monoisotopic (exact) mass is 423 g/mol. The first kappa shape index (κ1) is 19.3. The Hall–Kier alpha value is -3.69. The molecule has 0 N–H and O–H groups in total. The van der Waals surface area contributed by atoms with Crippen LogP contribution in [-0.2, 0) is 0 Å². The van der Waals surface area contributed by atoms with Gasteiger partial charge in [0.1, 0.15) is 5.75 Å². The molecule has 150 valence electrons. The Morgan fingerprint density at radius 2 is 1.61 bits per heavy atom. The van der Waals surface area contributed by atoms with E-state index in [1.165, 1.54) is 0 Å². The fraction of sp³-hybridized carbons (Fsp3) is 0.0370. The van der Waals surface area contributed by atoms with Crippen LogP contribution in [0.2, 0.25) is 5.02 Å². The molecule has 1 aromatic heterocycles. The molecule has 0 spiro atoms. The van der Waals surface area contributed by atoms with Crippen LogP contribution in [0.4, 0.5) is 0 Å². The van der Waals surface area contributed by atoms with E-state index in [9.17, 15) is 4.79 Å². The molecule has 31 heavy (non-hydrogen) atoms. The van der Waals surface area contributed by atoms with Gasteiger partial charge in [-0.25, -0.2) is 9.78 Å². The van der Waals surface area contributed by atoms with Gasteiger partial charge < -0.3 is 4.74 Å². The third-order valence-electron chi connectivity index (χ3n) is 5.28. The summed E-state index contributed by atoms with van der Waals surface area (Å²) >= 11 is 6.04. The quantitative estimate of drug-likeness (QED) is 0.227. The van der Waals surface area contributed by atoms with Crippen LogP contribution in [0.15, 0.2) is 91.0 Å². The van der Waals surface area contributed by atoms with Crippen molar-refractivity contribution in [3.63, 3.8) is 0 Å². The number of hydrogen-bond acceptors (Lipinski definition) is 3. The van der Waals surface area contributed by atoms with E-state index in [-0.39, 0.29) is 0 Å². The number of esters is 1. The normalized spacial score (nSPS) is 11.0. The number of carbonyl (C=O) groups excluding carboxylic acids is 1. The Kier molecular flexibility index (Phi) is 4.89. The number of ether oxygens (including phenoxy) is 1. The van der Waals surface area contributed by atoms with Gasteiger partial charge >= 0.3 is 5.97 Å². The maximum absolute atomic E-state index is 13.3. The average molecular weight is 424 g/mol. The number of benzene rings is 4. The zero-order chi connectivity index (χ0) is 21.4. The lowest BCUT2D eigenvalue weighted by atomic mass is 10.0. The first-order valence-corrected chi connectivity index (χ1v) is 10.3. The minimum atomic E-state index is -0.412. The molecule has 0 aliphatic carbocycles. The molecule has 0 radical (unpaired) electrons. The second-order valence-corrected chi connectivity index (χ2v) is 7.89. The Morgan fingerprint density at radius 1 is 0.839 bits per heavy atom. The molecule has 0 bridgehead atoms. The number of aryl methyl sites for hydroxylation is 1. The summed E-state index contributed by atoms with van der Waals surface area (Å²) in [6, 6.07) is 28.6. The second-order valence-electron chi connectivity index (χ2n) is 7.45. The Balaban J connectivity index is 1.64. The van der Waals surface area contributed by atoms with Gasteiger partial charge in [0, 0.05) is 21.4 Å². The van der Waals surface area contributed by atoms with Gasteiger partial charge in [0.2, 0.25) is 0 Å². The summed E-state index contributed by atoms with van der Waals surface area (Å²) in [6.45, 7) is 1.99. The molecular formula is C27H18ClNO2. The largest absolute Gasteiger partial charge is 0.422 e. The number of carbonyl (C=O) groups is 1. The SMILES string of the molecule is Cc1ccc2nc(-c3ccc(Cl)cc3)cc(C(=O)Oc3cccc4ccccc34)c2c1. The molecule has 3 nitrogen and oxygen atoms in total. The lowest BCUT2D eigenvalue weighted by Crippen LogP contribution is -2.10. The van der Waals surface area contributed by atoms with Gasteiger partial charge in [-0.05, 0) is 48.7 Å². The van der Waals surface area contributed by atoms with Crippen LogP contribution < -0.4 is 4.74 Å². The van der Waals surface area contributed by atoms with Crippen molar-refractivity contribution >= 4 is 39.2 Å². The topological polar surface area (TPSA) is 39.2 Å². The van der Waals surface area contributed by atoms with Gasteiger partial charge in [-0.2, -0.15) is 0 Å². The van der Waals surface area contributed by atoms with E-state index in [4.69, 9.17) is 21.3 Å². The van der Waals surface area contributed by atoms with E-state index in [2.05, 4.69) is 0 Å². The number of rotatable bonds is 3. The van der Waals surface area contributed by atoms with E-state index in [1.807, 2.05) is 91.9 Å². The molecule has 5 aromatic rings. The average Bonchev–Trinajstić information content (AvgIpc) is 2.79. The highest BCUT2D eigenvalue weighted by Crippen LogP contribution is 2.30. The molecule has 0 atom stereocenters. The van der Waals surface area contributed by atoms with Crippen molar-refractivity contribution in [1.82, 2.24) is 4.98 Å². The molecule has 0 saturated carbocycles. The fourth-order valence-corrected chi connectivity index (χ4v) is 3.84. The van der Waals surface area contributed by atoms with Crippen molar-refractivity contribution < 1.29 is 9.53 Å². The highest BCUT2D eigenvalue weighted by Gasteiger charge is 2.17. The molecule has 0 saturated heterocycles. The zero-order valence-corrected chi connectivity index (χ0v) is 17.6. The predicted octanol–water partition coefficient (Wildman–Crippen LogP) is 7.24. The summed E-state index contributed by atoms with van der Waals surface area (Å²) in [5, 5.41) is 3.33. The van der Waals surface area contributed by atoms with Crippen molar-refractivity contribution in [2.45, 2.75) is 6.92 Å². The Labute approximate surface area is 184 Å². The first-order valence-electron chi connectivity index (χ1n) is 9.96. The molecular weight excluding hydrogens is 406 g/mol. The van der Waals surface area contributed by atoms with Gasteiger partial charge in [-0.15, -0.1) is 0 Å². The number of nitrogens with zero attached hydrogens (tertiary/aromatic N) is 1.